The van der Waals surface area contributed by atoms with Crippen LogP contribution in [0, 0.1) is 0 Å². The Labute approximate surface area is 145 Å². The first-order valence-electron chi connectivity index (χ1n) is 7.79. The molecule has 0 saturated carbocycles. The topological polar surface area (TPSA) is 63.2 Å². The second-order valence-corrected chi connectivity index (χ2v) is 7.60. The molecule has 2 aromatic carbocycles. The summed E-state index contributed by atoms with van der Waals surface area (Å²) in [5.74, 6) is -3.67. The molecule has 1 atom stereocenters. The van der Waals surface area contributed by atoms with Gasteiger partial charge >= 0.3 is 5.76 Å². The molecule has 0 bridgehead atoms. The Morgan fingerprint density at radius 2 is 1.68 bits per heavy atom. The van der Waals surface area contributed by atoms with E-state index in [2.05, 4.69) is 12.2 Å². The lowest BCUT2D eigenvalue weighted by atomic mass is 9.97. The Morgan fingerprint density at radius 1 is 1.08 bits per heavy atom. The third-order valence-corrected chi connectivity index (χ3v) is 5.43. The minimum absolute atomic E-state index is 0.187. The van der Waals surface area contributed by atoms with E-state index < -0.39 is 26.4 Å². The van der Waals surface area contributed by atoms with Crippen molar-refractivity contribution in [1.82, 2.24) is 0 Å². The maximum atomic E-state index is 12.5. The van der Waals surface area contributed by atoms with E-state index in [0.29, 0.717) is 5.69 Å². The number of alkyl halides is 2. The minimum atomic E-state index is -4.66. The van der Waals surface area contributed by atoms with Crippen LogP contribution < -0.4 is 5.32 Å². The van der Waals surface area contributed by atoms with E-state index in [1.807, 2.05) is 19.1 Å². The van der Waals surface area contributed by atoms with Gasteiger partial charge in [0.15, 0.2) is 0 Å². The number of benzene rings is 2. The summed E-state index contributed by atoms with van der Waals surface area (Å²) in [6.07, 6.45) is 0.910. The van der Waals surface area contributed by atoms with E-state index in [9.17, 15) is 22.0 Å². The summed E-state index contributed by atoms with van der Waals surface area (Å²) < 4.78 is 47.9. The van der Waals surface area contributed by atoms with Crippen molar-refractivity contribution in [3.63, 3.8) is 0 Å². The zero-order valence-corrected chi connectivity index (χ0v) is 14.7. The average molecular weight is 367 g/mol. The molecule has 0 saturated heterocycles. The van der Waals surface area contributed by atoms with Crippen molar-refractivity contribution in [3.8, 4) is 0 Å². The molecule has 134 valence electrons. The molecule has 0 unspecified atom stereocenters. The summed E-state index contributed by atoms with van der Waals surface area (Å²) in [5, 5.41) is 2.79. The fraction of sp³-hybridized carbons (Fsp3) is 0.278. The Hall–Kier alpha value is -2.28. The van der Waals surface area contributed by atoms with Crippen molar-refractivity contribution in [2.45, 2.75) is 36.8 Å². The lowest BCUT2D eigenvalue weighted by molar-refractivity contribution is 0.102. The largest absolute Gasteiger partial charge is 0.341 e. The number of rotatable bonds is 6. The molecule has 2 rings (SSSR count). The van der Waals surface area contributed by atoms with Gasteiger partial charge in [0.05, 0.1) is 4.90 Å². The fourth-order valence-electron chi connectivity index (χ4n) is 2.35. The molecular formula is C18H19F2NO3S. The second kappa shape index (κ2) is 7.74. The summed E-state index contributed by atoms with van der Waals surface area (Å²) >= 11 is 0. The second-order valence-electron chi connectivity index (χ2n) is 5.68. The van der Waals surface area contributed by atoms with Crippen LogP contribution in [0.25, 0.3) is 0 Å². The van der Waals surface area contributed by atoms with Crippen LogP contribution in [-0.4, -0.2) is 20.1 Å². The minimum Gasteiger partial charge on any atom is -0.322 e. The van der Waals surface area contributed by atoms with Gasteiger partial charge in [0, 0.05) is 11.3 Å². The molecule has 1 N–H and O–H groups in total. The molecule has 2 aromatic rings. The van der Waals surface area contributed by atoms with Gasteiger partial charge in [0.1, 0.15) is 0 Å². The van der Waals surface area contributed by atoms with Gasteiger partial charge in [-0.15, -0.1) is 0 Å². The quantitative estimate of drug-likeness (QED) is 0.820. The van der Waals surface area contributed by atoms with E-state index in [1.165, 1.54) is 12.1 Å². The predicted octanol–water partition coefficient (Wildman–Crippen LogP) is 4.45. The van der Waals surface area contributed by atoms with Crippen molar-refractivity contribution in [2.75, 3.05) is 5.32 Å². The maximum absolute atomic E-state index is 12.5. The van der Waals surface area contributed by atoms with Crippen molar-refractivity contribution in [2.24, 2.45) is 0 Å². The van der Waals surface area contributed by atoms with Crippen molar-refractivity contribution < 1.29 is 22.0 Å². The number of para-hydroxylation sites is 1. The molecule has 0 fully saturated rings. The smallest absolute Gasteiger partial charge is 0.322 e. The Kier molecular flexibility index (Phi) is 5.89. The van der Waals surface area contributed by atoms with Crippen molar-refractivity contribution >= 4 is 21.4 Å². The third kappa shape index (κ3) is 4.22. The number of carbonyl (C=O) groups excluding carboxylic acids is 1. The van der Waals surface area contributed by atoms with Gasteiger partial charge in [-0.3, -0.25) is 4.79 Å². The van der Waals surface area contributed by atoms with Crippen molar-refractivity contribution in [3.05, 3.63) is 59.7 Å². The number of hydrogen-bond acceptors (Lipinski definition) is 3. The summed E-state index contributed by atoms with van der Waals surface area (Å²) in [7, 11) is -4.66. The molecule has 0 aromatic heterocycles. The van der Waals surface area contributed by atoms with Gasteiger partial charge in [-0.05, 0) is 48.2 Å². The van der Waals surface area contributed by atoms with Crippen LogP contribution in [0.5, 0.6) is 0 Å². The van der Waals surface area contributed by atoms with E-state index >= 15 is 0 Å². The van der Waals surface area contributed by atoms with Gasteiger partial charge < -0.3 is 5.32 Å². The highest BCUT2D eigenvalue weighted by molar-refractivity contribution is 7.91. The first-order chi connectivity index (χ1) is 11.8. The molecule has 1 amide bonds. The molecular weight excluding hydrogens is 348 g/mol. The summed E-state index contributed by atoms with van der Waals surface area (Å²) in [5.41, 5.74) is 1.86. The van der Waals surface area contributed by atoms with E-state index in [4.69, 9.17) is 0 Å². The van der Waals surface area contributed by atoms with Gasteiger partial charge in [0.25, 0.3) is 5.91 Å². The number of anilines is 1. The molecule has 25 heavy (non-hydrogen) atoms. The monoisotopic (exact) mass is 367 g/mol. The Morgan fingerprint density at radius 3 is 2.24 bits per heavy atom. The van der Waals surface area contributed by atoms with Crippen LogP contribution in [0.4, 0.5) is 14.5 Å². The van der Waals surface area contributed by atoms with Gasteiger partial charge in [0.2, 0.25) is 9.84 Å². The van der Waals surface area contributed by atoms with Crippen LogP contribution >= 0.6 is 0 Å². The van der Waals surface area contributed by atoms with E-state index in [1.54, 1.807) is 12.1 Å². The average Bonchev–Trinajstić information content (AvgIpc) is 2.61. The molecule has 0 aliphatic heterocycles. The maximum Gasteiger partial charge on any atom is 0.341 e. The number of carbonyl (C=O) groups is 1. The Balaban J connectivity index is 2.23. The van der Waals surface area contributed by atoms with E-state index in [-0.39, 0.29) is 11.5 Å². The summed E-state index contributed by atoms with van der Waals surface area (Å²) in [4.78, 5) is 11.8. The van der Waals surface area contributed by atoms with Crippen LogP contribution in [0.1, 0.15) is 42.1 Å². The zero-order valence-electron chi connectivity index (χ0n) is 13.9. The van der Waals surface area contributed by atoms with E-state index in [0.717, 1.165) is 24.1 Å². The molecule has 0 spiro atoms. The molecule has 0 aliphatic rings. The first-order valence-corrected chi connectivity index (χ1v) is 9.34. The Bertz CT molecular complexity index is 849. The predicted molar refractivity (Wildman–Crippen MR) is 92.7 cm³/mol. The molecule has 0 radical (unpaired) electrons. The van der Waals surface area contributed by atoms with Gasteiger partial charge in [-0.1, -0.05) is 32.0 Å². The SMILES string of the molecule is CC[C@H](C)c1ccccc1NC(=O)c1ccc(S(=O)(=O)C(F)F)cc1. The number of hydrogen-bond donors (Lipinski definition) is 1. The highest BCUT2D eigenvalue weighted by Crippen LogP contribution is 2.27. The van der Waals surface area contributed by atoms with Crippen LogP contribution in [0.15, 0.2) is 53.4 Å². The van der Waals surface area contributed by atoms with Gasteiger partial charge in [-0.2, -0.15) is 8.78 Å². The molecule has 0 heterocycles. The van der Waals surface area contributed by atoms with Crippen molar-refractivity contribution in [1.29, 1.82) is 0 Å². The molecule has 7 heteroatoms. The number of halogens is 2. The highest BCUT2D eigenvalue weighted by atomic mass is 32.2. The third-order valence-electron chi connectivity index (χ3n) is 4.03. The lowest BCUT2D eigenvalue weighted by Gasteiger charge is -2.15. The van der Waals surface area contributed by atoms with Crippen LogP contribution in [0.2, 0.25) is 0 Å². The highest BCUT2D eigenvalue weighted by Gasteiger charge is 2.26. The fourth-order valence-corrected chi connectivity index (χ4v) is 3.07. The number of sulfone groups is 1. The molecule has 4 nitrogen and oxygen atoms in total. The molecule has 0 aliphatic carbocycles. The zero-order chi connectivity index (χ0) is 18.6. The number of amides is 1. The van der Waals surface area contributed by atoms with Crippen LogP contribution in [0.3, 0.4) is 0 Å². The first kappa shape index (κ1) is 19.1. The van der Waals surface area contributed by atoms with Gasteiger partial charge in [-0.25, -0.2) is 8.42 Å². The standard InChI is InChI=1S/C18H19F2NO3S/c1-3-12(2)15-6-4-5-7-16(15)21-17(22)13-8-10-14(11-9-13)25(23,24)18(19)20/h4-12,18H,3H2,1-2H3,(H,21,22)/t12-/m0/s1. The lowest BCUT2D eigenvalue weighted by Crippen LogP contribution is -2.15. The van der Waals surface area contributed by atoms with Crippen LogP contribution in [-0.2, 0) is 9.84 Å². The summed E-state index contributed by atoms with van der Waals surface area (Å²) in [6, 6.07) is 11.9. The normalized spacial score (nSPS) is 12.8. The number of nitrogens with one attached hydrogen (secondary N) is 1. The summed E-state index contributed by atoms with van der Waals surface area (Å²) in [6.45, 7) is 4.10.